The average molecular weight is 439 g/mol. The van der Waals surface area contributed by atoms with Crippen LogP contribution in [0, 0.1) is 17.7 Å². The van der Waals surface area contributed by atoms with Crippen LogP contribution >= 0.6 is 0 Å². The smallest absolute Gasteiger partial charge is 0.320 e. The molecule has 0 saturated heterocycles. The SMILES string of the molecule is COC(=O)C(C(=O)OC)[C@@H](C)[C@H](NC(=O)[C@@H](Cc1ccc(F)cc1)NC(C)=O)C(N)=O. The van der Waals surface area contributed by atoms with E-state index in [-0.39, 0.29) is 6.42 Å². The lowest BCUT2D eigenvalue weighted by molar-refractivity contribution is -0.162. The lowest BCUT2D eigenvalue weighted by Gasteiger charge is -2.28. The molecule has 0 aliphatic rings. The topological polar surface area (TPSA) is 154 Å². The molecule has 0 fully saturated rings. The summed E-state index contributed by atoms with van der Waals surface area (Å²) < 4.78 is 22.3. The maximum absolute atomic E-state index is 13.1. The van der Waals surface area contributed by atoms with E-state index in [1.165, 1.54) is 38.1 Å². The Balaban J connectivity index is 3.12. The van der Waals surface area contributed by atoms with Gasteiger partial charge in [-0.25, -0.2) is 4.39 Å². The first kappa shape index (κ1) is 25.5. The highest BCUT2D eigenvalue weighted by molar-refractivity contribution is 5.97. The number of amides is 3. The van der Waals surface area contributed by atoms with Gasteiger partial charge in [0.2, 0.25) is 17.7 Å². The van der Waals surface area contributed by atoms with Crippen molar-refractivity contribution in [2.75, 3.05) is 14.2 Å². The fraction of sp³-hybridized carbons (Fsp3) is 0.450. The molecule has 3 atom stereocenters. The lowest BCUT2D eigenvalue weighted by Crippen LogP contribution is -2.57. The summed E-state index contributed by atoms with van der Waals surface area (Å²) in [6, 6.07) is 2.69. The first-order chi connectivity index (χ1) is 14.5. The van der Waals surface area contributed by atoms with Gasteiger partial charge in [0.05, 0.1) is 14.2 Å². The molecule has 0 radical (unpaired) electrons. The monoisotopic (exact) mass is 439 g/mol. The molecule has 0 heterocycles. The molecule has 1 aromatic carbocycles. The van der Waals surface area contributed by atoms with Gasteiger partial charge in [0.1, 0.15) is 17.9 Å². The van der Waals surface area contributed by atoms with Crippen LogP contribution in [0.3, 0.4) is 0 Å². The fourth-order valence-corrected chi connectivity index (χ4v) is 3.00. The van der Waals surface area contributed by atoms with Crippen molar-refractivity contribution in [2.24, 2.45) is 17.6 Å². The van der Waals surface area contributed by atoms with E-state index >= 15 is 0 Å². The summed E-state index contributed by atoms with van der Waals surface area (Å²) >= 11 is 0. The summed E-state index contributed by atoms with van der Waals surface area (Å²) in [6.07, 6.45) is -0.0109. The first-order valence-corrected chi connectivity index (χ1v) is 9.28. The second-order valence-electron chi connectivity index (χ2n) is 6.86. The van der Waals surface area contributed by atoms with Crippen molar-refractivity contribution in [2.45, 2.75) is 32.4 Å². The lowest BCUT2D eigenvalue weighted by atomic mass is 9.86. The van der Waals surface area contributed by atoms with Crippen LogP contribution in [-0.2, 0) is 39.9 Å². The van der Waals surface area contributed by atoms with Crippen molar-refractivity contribution in [3.8, 4) is 0 Å². The molecular weight excluding hydrogens is 413 g/mol. The van der Waals surface area contributed by atoms with E-state index in [4.69, 9.17) is 5.73 Å². The van der Waals surface area contributed by atoms with Crippen molar-refractivity contribution in [1.82, 2.24) is 10.6 Å². The molecule has 1 rings (SSSR count). The second-order valence-corrected chi connectivity index (χ2v) is 6.86. The highest BCUT2D eigenvalue weighted by Gasteiger charge is 2.41. The number of hydrogen-bond donors (Lipinski definition) is 3. The Bertz CT molecular complexity index is 813. The Morgan fingerprint density at radius 1 is 1.00 bits per heavy atom. The Kier molecular flexibility index (Phi) is 9.58. The summed E-state index contributed by atoms with van der Waals surface area (Å²) in [5.41, 5.74) is 5.93. The van der Waals surface area contributed by atoms with Crippen LogP contribution in [0.15, 0.2) is 24.3 Å². The highest BCUT2D eigenvalue weighted by atomic mass is 19.1. The zero-order chi connectivity index (χ0) is 23.7. The number of primary amides is 1. The summed E-state index contributed by atoms with van der Waals surface area (Å²) in [7, 11) is 2.11. The Morgan fingerprint density at radius 3 is 1.94 bits per heavy atom. The number of hydrogen-bond acceptors (Lipinski definition) is 7. The maximum atomic E-state index is 13.1. The van der Waals surface area contributed by atoms with Crippen LogP contribution in [0.2, 0.25) is 0 Å². The fourth-order valence-electron chi connectivity index (χ4n) is 3.00. The van der Waals surface area contributed by atoms with Gasteiger partial charge in [-0.1, -0.05) is 19.1 Å². The van der Waals surface area contributed by atoms with Crippen molar-refractivity contribution in [3.05, 3.63) is 35.6 Å². The van der Waals surface area contributed by atoms with Crippen LogP contribution < -0.4 is 16.4 Å². The number of halogens is 1. The zero-order valence-corrected chi connectivity index (χ0v) is 17.6. The van der Waals surface area contributed by atoms with Crippen molar-refractivity contribution in [1.29, 1.82) is 0 Å². The number of nitrogens with two attached hydrogens (primary N) is 1. The predicted molar refractivity (Wildman–Crippen MR) is 106 cm³/mol. The molecule has 1 aromatic rings. The Morgan fingerprint density at radius 2 is 1.52 bits per heavy atom. The van der Waals surface area contributed by atoms with Gasteiger partial charge in [-0.3, -0.25) is 24.0 Å². The molecule has 170 valence electrons. The molecule has 0 aliphatic heterocycles. The Hall–Kier alpha value is -3.50. The highest BCUT2D eigenvalue weighted by Crippen LogP contribution is 2.20. The molecule has 0 aromatic heterocycles. The molecule has 10 nitrogen and oxygen atoms in total. The molecule has 31 heavy (non-hydrogen) atoms. The standard InChI is InChI=1S/C20H26FN3O7/c1-10(15(19(28)30-3)20(29)31-4)16(17(22)26)24-18(27)14(23-11(2)25)9-12-5-7-13(21)8-6-12/h5-8,10,14-16H,9H2,1-4H3,(H2,22,26)(H,23,25)(H,24,27)/t10-,14-,16+/m1/s1. The van der Waals surface area contributed by atoms with E-state index < -0.39 is 59.4 Å². The van der Waals surface area contributed by atoms with Crippen LogP contribution in [0.1, 0.15) is 19.4 Å². The van der Waals surface area contributed by atoms with E-state index in [1.807, 2.05) is 0 Å². The summed E-state index contributed by atoms with van der Waals surface area (Å²) in [5.74, 6) is -7.37. The van der Waals surface area contributed by atoms with Crippen LogP contribution in [-0.4, -0.2) is 56.0 Å². The number of benzene rings is 1. The van der Waals surface area contributed by atoms with E-state index in [1.54, 1.807) is 0 Å². The minimum absolute atomic E-state index is 0.0109. The molecule has 4 N–H and O–H groups in total. The molecule has 3 amide bonds. The van der Waals surface area contributed by atoms with E-state index in [0.717, 1.165) is 14.2 Å². The predicted octanol–water partition coefficient (Wildman–Crippen LogP) is -0.559. The van der Waals surface area contributed by atoms with E-state index in [9.17, 15) is 28.4 Å². The number of carbonyl (C=O) groups is 5. The van der Waals surface area contributed by atoms with Crippen molar-refractivity contribution in [3.63, 3.8) is 0 Å². The van der Waals surface area contributed by atoms with Gasteiger partial charge in [-0.2, -0.15) is 0 Å². The molecule has 0 saturated carbocycles. The van der Waals surface area contributed by atoms with E-state index in [2.05, 4.69) is 20.1 Å². The number of esters is 2. The van der Waals surface area contributed by atoms with Gasteiger partial charge in [0.15, 0.2) is 5.92 Å². The number of carbonyl (C=O) groups excluding carboxylic acids is 5. The van der Waals surface area contributed by atoms with Gasteiger partial charge in [-0.05, 0) is 17.7 Å². The minimum atomic E-state index is -1.52. The molecule has 11 heteroatoms. The van der Waals surface area contributed by atoms with Gasteiger partial charge < -0.3 is 25.8 Å². The third-order valence-electron chi connectivity index (χ3n) is 4.61. The number of nitrogens with one attached hydrogen (secondary N) is 2. The van der Waals surface area contributed by atoms with Crippen LogP contribution in [0.25, 0.3) is 0 Å². The Labute approximate surface area is 178 Å². The largest absolute Gasteiger partial charge is 0.468 e. The van der Waals surface area contributed by atoms with Gasteiger partial charge in [0.25, 0.3) is 0 Å². The van der Waals surface area contributed by atoms with Gasteiger partial charge in [-0.15, -0.1) is 0 Å². The molecule has 0 unspecified atom stereocenters. The summed E-state index contributed by atoms with van der Waals surface area (Å²) in [6.45, 7) is 2.55. The number of methoxy groups -OCH3 is 2. The average Bonchev–Trinajstić information content (AvgIpc) is 2.71. The van der Waals surface area contributed by atoms with E-state index in [0.29, 0.717) is 5.56 Å². The third-order valence-corrected chi connectivity index (χ3v) is 4.61. The van der Waals surface area contributed by atoms with Gasteiger partial charge >= 0.3 is 11.9 Å². The first-order valence-electron chi connectivity index (χ1n) is 9.28. The molecule has 0 aliphatic carbocycles. The normalized spacial score (nSPS) is 13.5. The molecule has 0 bridgehead atoms. The molecule has 0 spiro atoms. The van der Waals surface area contributed by atoms with Crippen LogP contribution in [0.5, 0.6) is 0 Å². The molecular formula is C20H26FN3O7. The quantitative estimate of drug-likeness (QED) is 0.326. The van der Waals surface area contributed by atoms with Crippen molar-refractivity contribution < 1.29 is 37.8 Å². The summed E-state index contributed by atoms with van der Waals surface area (Å²) in [4.78, 5) is 60.5. The summed E-state index contributed by atoms with van der Waals surface area (Å²) in [5, 5.41) is 4.82. The maximum Gasteiger partial charge on any atom is 0.320 e. The van der Waals surface area contributed by atoms with Crippen molar-refractivity contribution >= 4 is 29.7 Å². The number of rotatable bonds is 10. The third kappa shape index (κ3) is 7.36. The zero-order valence-electron chi connectivity index (χ0n) is 17.6. The second kappa shape index (κ2) is 11.6. The van der Waals surface area contributed by atoms with Gasteiger partial charge in [0, 0.05) is 19.3 Å². The minimum Gasteiger partial charge on any atom is -0.468 e. The van der Waals surface area contributed by atoms with Crippen LogP contribution in [0.4, 0.5) is 4.39 Å². The number of ether oxygens (including phenoxy) is 2.